The molecular formula is C19H29N5O2. The van der Waals surface area contributed by atoms with Gasteiger partial charge >= 0.3 is 6.03 Å². The first-order valence-electron chi connectivity index (χ1n) is 8.83. The molecule has 0 saturated heterocycles. The number of urea groups is 1. The van der Waals surface area contributed by atoms with Crippen molar-refractivity contribution in [3.05, 3.63) is 42.2 Å². The maximum absolute atomic E-state index is 12.5. The van der Waals surface area contributed by atoms with Crippen LogP contribution in [0.2, 0.25) is 0 Å². The number of ether oxygens (including phenoxy) is 1. The van der Waals surface area contributed by atoms with Crippen molar-refractivity contribution in [3.63, 3.8) is 0 Å². The normalized spacial score (nSPS) is 12.1. The number of likely N-dealkylation sites (N-methyl/N-ethyl adjacent to an activating group) is 2. The summed E-state index contributed by atoms with van der Waals surface area (Å²) in [6.07, 6.45) is 3.72. The average Bonchev–Trinajstić information content (AvgIpc) is 3.12. The van der Waals surface area contributed by atoms with Gasteiger partial charge in [-0.15, -0.1) is 0 Å². The van der Waals surface area contributed by atoms with Gasteiger partial charge < -0.3 is 19.9 Å². The lowest BCUT2D eigenvalue weighted by molar-refractivity contribution is 0.191. The topological polar surface area (TPSA) is 62.6 Å². The maximum Gasteiger partial charge on any atom is 0.317 e. The van der Waals surface area contributed by atoms with E-state index >= 15 is 0 Å². The van der Waals surface area contributed by atoms with Crippen molar-refractivity contribution in [1.82, 2.24) is 24.9 Å². The van der Waals surface area contributed by atoms with Crippen molar-refractivity contribution >= 4 is 6.03 Å². The molecule has 0 saturated carbocycles. The second-order valence-corrected chi connectivity index (χ2v) is 6.47. The molecule has 2 aromatic rings. The molecule has 0 spiro atoms. The Balaban J connectivity index is 1.99. The third-order valence-electron chi connectivity index (χ3n) is 4.27. The zero-order valence-electron chi connectivity index (χ0n) is 16.3. The minimum Gasteiger partial charge on any atom is -0.497 e. The van der Waals surface area contributed by atoms with Gasteiger partial charge in [0.05, 0.1) is 25.0 Å². The van der Waals surface area contributed by atoms with Crippen LogP contribution in [-0.4, -0.2) is 66.5 Å². The lowest BCUT2D eigenvalue weighted by Crippen LogP contribution is -2.43. The number of nitrogens with one attached hydrogen (secondary N) is 1. The highest BCUT2D eigenvalue weighted by molar-refractivity contribution is 5.74. The molecule has 1 atom stereocenters. The SMILES string of the molecule is CCN(CCN(C)C)C(=O)N[C@H](C)c1cnn(-c2ccc(OC)cc2)c1. The quantitative estimate of drug-likeness (QED) is 0.787. The number of carbonyl (C=O) groups is 1. The second kappa shape index (κ2) is 9.24. The summed E-state index contributed by atoms with van der Waals surface area (Å²) in [6, 6.07) is 7.50. The van der Waals surface area contributed by atoms with Crippen LogP contribution in [0.4, 0.5) is 4.79 Å². The van der Waals surface area contributed by atoms with Crippen molar-refractivity contribution in [3.8, 4) is 11.4 Å². The second-order valence-electron chi connectivity index (χ2n) is 6.47. The molecular weight excluding hydrogens is 330 g/mol. The van der Waals surface area contributed by atoms with Gasteiger partial charge in [0.1, 0.15) is 5.75 Å². The van der Waals surface area contributed by atoms with Gasteiger partial charge in [-0.2, -0.15) is 5.10 Å². The van der Waals surface area contributed by atoms with Crippen LogP contribution < -0.4 is 10.1 Å². The molecule has 7 heteroatoms. The van der Waals surface area contributed by atoms with E-state index in [4.69, 9.17) is 4.74 Å². The van der Waals surface area contributed by atoms with Crippen LogP contribution in [0, 0.1) is 0 Å². The molecule has 0 radical (unpaired) electrons. The van der Waals surface area contributed by atoms with Crippen molar-refractivity contribution in [2.75, 3.05) is 40.8 Å². The summed E-state index contributed by atoms with van der Waals surface area (Å²) in [7, 11) is 5.65. The van der Waals surface area contributed by atoms with Crippen LogP contribution >= 0.6 is 0 Å². The van der Waals surface area contributed by atoms with Crippen LogP contribution in [0.25, 0.3) is 5.69 Å². The summed E-state index contributed by atoms with van der Waals surface area (Å²) in [5, 5.41) is 7.45. The number of hydrogen-bond donors (Lipinski definition) is 1. The molecule has 0 aliphatic carbocycles. The van der Waals surface area contributed by atoms with Gasteiger partial charge in [0, 0.05) is 31.4 Å². The molecule has 0 bridgehead atoms. The monoisotopic (exact) mass is 359 g/mol. The molecule has 2 amide bonds. The van der Waals surface area contributed by atoms with Gasteiger partial charge in [-0.3, -0.25) is 0 Å². The summed E-state index contributed by atoms with van der Waals surface area (Å²) in [5.74, 6) is 0.805. The summed E-state index contributed by atoms with van der Waals surface area (Å²) in [5.41, 5.74) is 1.90. The zero-order chi connectivity index (χ0) is 19.1. The highest BCUT2D eigenvalue weighted by Crippen LogP contribution is 2.17. The molecule has 0 unspecified atom stereocenters. The van der Waals surface area contributed by atoms with E-state index in [0.717, 1.165) is 23.5 Å². The molecule has 0 fully saturated rings. The van der Waals surface area contributed by atoms with Crippen molar-refractivity contribution < 1.29 is 9.53 Å². The Hall–Kier alpha value is -2.54. The van der Waals surface area contributed by atoms with E-state index in [9.17, 15) is 4.79 Å². The maximum atomic E-state index is 12.5. The van der Waals surface area contributed by atoms with Crippen LogP contribution in [-0.2, 0) is 0 Å². The summed E-state index contributed by atoms with van der Waals surface area (Å²) >= 11 is 0. The van der Waals surface area contributed by atoms with E-state index in [1.165, 1.54) is 0 Å². The predicted octanol–water partition coefficient (Wildman–Crippen LogP) is 2.54. The molecule has 2 rings (SSSR count). The third kappa shape index (κ3) is 5.23. The van der Waals surface area contributed by atoms with Gasteiger partial charge in [-0.25, -0.2) is 9.48 Å². The Bertz CT molecular complexity index is 696. The molecule has 142 valence electrons. The molecule has 0 aliphatic heterocycles. The number of methoxy groups -OCH3 is 1. The van der Waals surface area contributed by atoms with Gasteiger partial charge in [0.25, 0.3) is 0 Å². The van der Waals surface area contributed by atoms with E-state index in [2.05, 4.69) is 15.3 Å². The molecule has 1 heterocycles. The van der Waals surface area contributed by atoms with Crippen molar-refractivity contribution in [1.29, 1.82) is 0 Å². The van der Waals surface area contributed by atoms with E-state index < -0.39 is 0 Å². The third-order valence-corrected chi connectivity index (χ3v) is 4.27. The first-order chi connectivity index (χ1) is 12.4. The largest absolute Gasteiger partial charge is 0.497 e. The molecule has 26 heavy (non-hydrogen) atoms. The fourth-order valence-electron chi connectivity index (χ4n) is 2.52. The molecule has 1 N–H and O–H groups in total. The molecule has 0 aliphatic rings. The Morgan fingerprint density at radius 1 is 1.27 bits per heavy atom. The average molecular weight is 359 g/mol. The molecule has 1 aromatic heterocycles. The van der Waals surface area contributed by atoms with E-state index in [1.807, 2.05) is 63.3 Å². The Kier molecular flexibility index (Phi) is 7.03. The first kappa shape index (κ1) is 19.8. The first-order valence-corrected chi connectivity index (χ1v) is 8.83. The summed E-state index contributed by atoms with van der Waals surface area (Å²) in [4.78, 5) is 16.4. The fourth-order valence-corrected chi connectivity index (χ4v) is 2.52. The van der Waals surface area contributed by atoms with Crippen LogP contribution in [0.1, 0.15) is 25.5 Å². The number of carbonyl (C=O) groups excluding carboxylic acids is 1. The van der Waals surface area contributed by atoms with E-state index in [-0.39, 0.29) is 12.1 Å². The van der Waals surface area contributed by atoms with Crippen molar-refractivity contribution in [2.24, 2.45) is 0 Å². The fraction of sp³-hybridized carbons (Fsp3) is 0.474. The number of rotatable bonds is 8. The minimum atomic E-state index is -0.122. The van der Waals surface area contributed by atoms with Gasteiger partial charge in [0.15, 0.2) is 0 Å². The Labute approximate surface area is 155 Å². The number of aromatic nitrogens is 2. The lowest BCUT2D eigenvalue weighted by Gasteiger charge is -2.25. The van der Waals surface area contributed by atoms with E-state index in [1.54, 1.807) is 18.0 Å². The van der Waals surface area contributed by atoms with Crippen LogP contribution in [0.5, 0.6) is 5.75 Å². The zero-order valence-corrected chi connectivity index (χ0v) is 16.3. The van der Waals surface area contributed by atoms with Crippen LogP contribution in [0.3, 0.4) is 0 Å². The standard InChI is InChI=1S/C19H29N5O2/c1-6-23(12-11-22(3)4)19(25)21-15(2)16-13-20-24(14-16)17-7-9-18(26-5)10-8-17/h7-10,13-15H,6,11-12H2,1-5H3,(H,21,25)/t15-/m1/s1. The Morgan fingerprint density at radius 2 is 1.96 bits per heavy atom. The van der Waals surface area contributed by atoms with E-state index in [0.29, 0.717) is 13.1 Å². The molecule has 1 aromatic carbocycles. The lowest BCUT2D eigenvalue weighted by atomic mass is 10.2. The Morgan fingerprint density at radius 3 is 2.54 bits per heavy atom. The number of nitrogens with zero attached hydrogens (tertiary/aromatic N) is 4. The van der Waals surface area contributed by atoms with Crippen LogP contribution in [0.15, 0.2) is 36.7 Å². The minimum absolute atomic E-state index is 0.0564. The predicted molar refractivity (Wildman–Crippen MR) is 103 cm³/mol. The number of benzene rings is 1. The van der Waals surface area contributed by atoms with Gasteiger partial charge in [-0.1, -0.05) is 0 Å². The van der Waals surface area contributed by atoms with Gasteiger partial charge in [-0.05, 0) is 52.2 Å². The molecule has 7 nitrogen and oxygen atoms in total. The summed E-state index contributed by atoms with van der Waals surface area (Å²) < 4.78 is 6.97. The number of amides is 2. The smallest absolute Gasteiger partial charge is 0.317 e. The highest BCUT2D eigenvalue weighted by Gasteiger charge is 2.16. The summed E-state index contributed by atoms with van der Waals surface area (Å²) in [6.45, 7) is 6.17. The highest BCUT2D eigenvalue weighted by atomic mass is 16.5. The number of hydrogen-bond acceptors (Lipinski definition) is 4. The van der Waals surface area contributed by atoms with Crippen molar-refractivity contribution in [2.45, 2.75) is 19.9 Å². The van der Waals surface area contributed by atoms with Gasteiger partial charge in [0.2, 0.25) is 0 Å².